The number of nitrogens with zero attached hydrogens (tertiary/aromatic N) is 3. The molecule has 4 aromatic carbocycles. The molecule has 12 nitrogen and oxygen atoms in total. The summed E-state index contributed by atoms with van der Waals surface area (Å²) in [7, 11) is 1.21. The lowest BCUT2D eigenvalue weighted by Gasteiger charge is -2.37. The van der Waals surface area contributed by atoms with E-state index in [-0.39, 0.29) is 26.1 Å². The van der Waals surface area contributed by atoms with E-state index in [9.17, 15) is 19.2 Å². The third-order valence-electron chi connectivity index (χ3n) is 8.72. The zero-order valence-electron chi connectivity index (χ0n) is 31.5. The first kappa shape index (κ1) is 39.8. The van der Waals surface area contributed by atoms with E-state index < -0.39 is 47.8 Å². The molecule has 0 bridgehead atoms. The fourth-order valence-corrected chi connectivity index (χ4v) is 6.27. The van der Waals surface area contributed by atoms with Crippen LogP contribution in [0.3, 0.4) is 0 Å². The van der Waals surface area contributed by atoms with Gasteiger partial charge in [-0.1, -0.05) is 121 Å². The van der Waals surface area contributed by atoms with Gasteiger partial charge in [-0.05, 0) is 43.0 Å². The molecule has 0 radical (unpaired) electrons. The van der Waals surface area contributed by atoms with Crippen LogP contribution in [0, 0.1) is 0 Å². The molecule has 0 aliphatic heterocycles. The Morgan fingerprint density at radius 3 is 1.80 bits per heavy atom. The molecule has 0 unspecified atom stereocenters. The van der Waals surface area contributed by atoms with Crippen LogP contribution >= 0.6 is 0 Å². The molecule has 55 heavy (non-hydrogen) atoms. The minimum absolute atomic E-state index is 0.0261. The first-order valence-corrected chi connectivity index (χ1v) is 18.0. The third kappa shape index (κ3) is 10.6. The monoisotopic (exact) mass is 745 g/mol. The fraction of sp³-hybridized carbons (Fsp3) is 0.279. The lowest BCUT2D eigenvalue weighted by atomic mass is 9.77. The van der Waals surface area contributed by atoms with Gasteiger partial charge in [0.05, 0.1) is 19.1 Å². The molecule has 5 rings (SSSR count). The number of rotatable bonds is 15. The van der Waals surface area contributed by atoms with E-state index in [4.69, 9.17) is 19.2 Å². The third-order valence-corrected chi connectivity index (χ3v) is 8.72. The Morgan fingerprint density at radius 2 is 1.29 bits per heavy atom. The molecule has 2 N–H and O–H groups in total. The lowest BCUT2D eigenvalue weighted by Crippen LogP contribution is -2.52. The van der Waals surface area contributed by atoms with Gasteiger partial charge in [-0.2, -0.15) is 0 Å². The van der Waals surface area contributed by atoms with E-state index in [0.29, 0.717) is 5.69 Å². The van der Waals surface area contributed by atoms with Gasteiger partial charge in [-0.3, -0.25) is 9.59 Å². The minimum Gasteiger partial charge on any atom is -0.468 e. The smallest absolute Gasteiger partial charge is 0.408 e. The predicted molar refractivity (Wildman–Crippen MR) is 207 cm³/mol. The van der Waals surface area contributed by atoms with Gasteiger partial charge < -0.3 is 34.3 Å². The van der Waals surface area contributed by atoms with Crippen LogP contribution in [0.1, 0.15) is 48.7 Å². The molecule has 0 aliphatic rings. The lowest BCUT2D eigenvalue weighted by molar-refractivity contribution is -0.147. The summed E-state index contributed by atoms with van der Waals surface area (Å²) >= 11 is 0. The topological polar surface area (TPSA) is 141 Å². The van der Waals surface area contributed by atoms with Gasteiger partial charge in [0.25, 0.3) is 0 Å². The Morgan fingerprint density at radius 1 is 0.764 bits per heavy atom. The number of hydrogen-bond acceptors (Lipinski definition) is 8. The van der Waals surface area contributed by atoms with Gasteiger partial charge >= 0.3 is 18.2 Å². The van der Waals surface area contributed by atoms with Crippen molar-refractivity contribution in [3.8, 4) is 0 Å². The number of amides is 3. The molecule has 1 heterocycles. The second-order valence-electron chi connectivity index (χ2n) is 13.8. The zero-order chi connectivity index (χ0) is 39.3. The minimum atomic E-state index is -1.22. The largest absolute Gasteiger partial charge is 0.468 e. The Hall–Kier alpha value is -6.43. The Labute approximate surface area is 321 Å². The second-order valence-corrected chi connectivity index (χ2v) is 13.8. The highest BCUT2D eigenvalue weighted by atomic mass is 16.6. The summed E-state index contributed by atoms with van der Waals surface area (Å²) in [6.45, 7) is 4.62. The number of hydrogen-bond donors (Lipinski definition) is 2. The number of methoxy groups -OCH3 is 1. The first-order chi connectivity index (χ1) is 26.5. The summed E-state index contributed by atoms with van der Waals surface area (Å²) in [5.74, 6) is -1.29. The molecule has 12 heteroatoms. The Balaban J connectivity index is 1.49. The number of alkyl carbamates (subject to hydrolysis) is 2. The fourth-order valence-electron chi connectivity index (χ4n) is 6.27. The van der Waals surface area contributed by atoms with Crippen molar-refractivity contribution in [2.24, 2.45) is 0 Å². The van der Waals surface area contributed by atoms with Crippen LogP contribution < -0.4 is 10.6 Å². The van der Waals surface area contributed by atoms with Crippen LogP contribution in [0.15, 0.2) is 134 Å². The van der Waals surface area contributed by atoms with Crippen molar-refractivity contribution >= 4 is 24.1 Å². The van der Waals surface area contributed by atoms with E-state index in [1.54, 1.807) is 27.1 Å². The van der Waals surface area contributed by atoms with Gasteiger partial charge in [-0.25, -0.2) is 14.6 Å². The average Bonchev–Trinajstić information content (AvgIpc) is 3.66. The Bertz CT molecular complexity index is 1900. The van der Waals surface area contributed by atoms with Crippen LogP contribution in [0.25, 0.3) is 0 Å². The van der Waals surface area contributed by atoms with Crippen LogP contribution in [0.4, 0.5) is 9.59 Å². The number of aromatic nitrogens is 2. The van der Waals surface area contributed by atoms with Gasteiger partial charge in [0.15, 0.2) is 0 Å². The van der Waals surface area contributed by atoms with Crippen LogP contribution in [-0.4, -0.2) is 76.9 Å². The quantitative estimate of drug-likeness (QED) is 0.0746. The van der Waals surface area contributed by atoms with Crippen molar-refractivity contribution < 1.29 is 33.4 Å². The van der Waals surface area contributed by atoms with Crippen molar-refractivity contribution in [1.82, 2.24) is 25.1 Å². The molecule has 1 atom stereocenters. The maximum Gasteiger partial charge on any atom is 0.408 e. The van der Waals surface area contributed by atoms with Crippen molar-refractivity contribution in [1.29, 1.82) is 0 Å². The van der Waals surface area contributed by atoms with Crippen molar-refractivity contribution in [3.05, 3.63) is 162 Å². The number of benzene rings is 4. The molecule has 286 valence electrons. The molecular weight excluding hydrogens is 699 g/mol. The highest BCUT2D eigenvalue weighted by Gasteiger charge is 2.39. The normalized spacial score (nSPS) is 11.9. The summed E-state index contributed by atoms with van der Waals surface area (Å²) < 4.78 is 17.7. The summed E-state index contributed by atoms with van der Waals surface area (Å²) in [6, 6.07) is 38.1. The first-order valence-electron chi connectivity index (χ1n) is 18.0. The van der Waals surface area contributed by atoms with Gasteiger partial charge in [0, 0.05) is 25.7 Å². The number of carbonyl (C=O) groups excluding carboxylic acids is 4. The molecule has 1 aromatic heterocycles. The molecule has 0 saturated carbocycles. The summed E-state index contributed by atoms with van der Waals surface area (Å²) in [5, 5.41) is 5.33. The van der Waals surface area contributed by atoms with Crippen molar-refractivity contribution in [2.75, 3.05) is 26.7 Å². The van der Waals surface area contributed by atoms with E-state index >= 15 is 0 Å². The average molecular weight is 746 g/mol. The molecular formula is C43H47N5O7. The predicted octanol–water partition coefficient (Wildman–Crippen LogP) is 6.09. The van der Waals surface area contributed by atoms with Crippen LogP contribution in [0.2, 0.25) is 0 Å². The van der Waals surface area contributed by atoms with Gasteiger partial charge in [0.1, 0.15) is 30.3 Å². The van der Waals surface area contributed by atoms with E-state index in [1.807, 2.05) is 95.7 Å². The maximum absolute atomic E-state index is 14.4. The summed E-state index contributed by atoms with van der Waals surface area (Å²) in [4.78, 5) is 58.5. The highest BCUT2D eigenvalue weighted by molar-refractivity contribution is 5.88. The second kappa shape index (κ2) is 18.6. The number of esters is 1. The number of ether oxygens (including phenoxy) is 3. The Kier molecular flexibility index (Phi) is 13.4. The highest BCUT2D eigenvalue weighted by Crippen LogP contribution is 2.40. The van der Waals surface area contributed by atoms with Gasteiger partial charge in [-0.15, -0.1) is 0 Å². The van der Waals surface area contributed by atoms with E-state index in [1.165, 1.54) is 12.0 Å². The zero-order valence-corrected chi connectivity index (χ0v) is 31.5. The number of imidazole rings is 1. The van der Waals surface area contributed by atoms with Crippen LogP contribution in [-0.2, 0) is 42.4 Å². The summed E-state index contributed by atoms with van der Waals surface area (Å²) in [6.07, 6.45) is 2.01. The molecule has 0 fully saturated rings. The molecule has 5 aromatic rings. The van der Waals surface area contributed by atoms with Crippen LogP contribution in [0.5, 0.6) is 0 Å². The molecule has 0 saturated heterocycles. The van der Waals surface area contributed by atoms with Crippen molar-refractivity contribution in [3.63, 3.8) is 0 Å². The standard InChI is InChI=1S/C43H47N5O7/c1-42(2,3)55-40(51)44-25-26-47(29-38(49)53-4)39(50)37(46-41(52)54-30-32-17-9-5-10-18-32)27-36-28-48(31-45-36)43(33-19-11-6-12-20-33,34-21-13-7-14-22-34)35-23-15-8-16-24-35/h5-24,28,31,37H,25-27,29-30H2,1-4H3,(H,44,51)(H,46,52)/t37-/m0/s1. The maximum atomic E-state index is 14.4. The van der Waals surface area contributed by atoms with E-state index in [2.05, 4.69) is 47.0 Å². The SMILES string of the molecule is COC(=O)CN(CCNC(=O)OC(C)(C)C)C(=O)[C@H](Cc1cn(C(c2ccccc2)(c2ccccc2)c2ccccc2)cn1)NC(=O)OCc1ccccc1. The van der Waals surface area contributed by atoms with Gasteiger partial charge in [0.2, 0.25) is 5.91 Å². The number of nitrogens with one attached hydrogen (secondary N) is 2. The number of carbonyl (C=O) groups is 4. The molecule has 0 aliphatic carbocycles. The summed E-state index contributed by atoms with van der Waals surface area (Å²) in [5.41, 5.74) is 2.59. The molecule has 3 amide bonds. The molecule has 0 spiro atoms. The van der Waals surface area contributed by atoms with E-state index in [0.717, 1.165) is 22.3 Å². The van der Waals surface area contributed by atoms with Crippen molar-refractivity contribution in [2.45, 2.75) is 51.0 Å².